The van der Waals surface area contributed by atoms with Crippen LogP contribution in [0.2, 0.25) is 0 Å². The number of nitrogens with zero attached hydrogens (tertiary/aromatic N) is 2. The van der Waals surface area contributed by atoms with Crippen LogP contribution in [-0.4, -0.2) is 35.6 Å². The minimum Gasteiger partial charge on any atom is -0.383 e. The van der Waals surface area contributed by atoms with Crippen molar-refractivity contribution in [3.8, 4) is 0 Å². The van der Waals surface area contributed by atoms with Crippen LogP contribution in [0.3, 0.4) is 0 Å². The molecule has 2 aromatic rings. The molecule has 7 nitrogen and oxygen atoms in total. The minimum atomic E-state index is -3.47. The standard InChI is InChI=1S/C18H24N4O3S/c1-13-5-7-15(20-11-13)22-16(23)9-10-19-14-6-8-17(21-12-14)26(24,25)18(2,3)4/h5-8,11-12,19H,9-10H2,1-4H3,(H,20,22,23). The SMILES string of the molecule is Cc1ccc(NC(=O)CCNc2ccc(S(=O)(=O)C(C)(C)C)nc2)nc1. The molecular formula is C18H24N4O3S. The van der Waals surface area contributed by atoms with Crippen molar-refractivity contribution in [2.45, 2.75) is 43.9 Å². The van der Waals surface area contributed by atoms with Gasteiger partial charge in [-0.2, -0.15) is 0 Å². The fourth-order valence-corrected chi connectivity index (χ4v) is 3.09. The molecule has 26 heavy (non-hydrogen) atoms. The van der Waals surface area contributed by atoms with Gasteiger partial charge in [0.15, 0.2) is 14.9 Å². The number of aromatic nitrogens is 2. The number of carbonyl (C=O) groups is 1. The minimum absolute atomic E-state index is 0.0405. The van der Waals surface area contributed by atoms with Crippen molar-refractivity contribution in [2.24, 2.45) is 0 Å². The van der Waals surface area contributed by atoms with Gasteiger partial charge in [-0.1, -0.05) is 6.07 Å². The number of carbonyl (C=O) groups excluding carboxylic acids is 1. The van der Waals surface area contributed by atoms with Gasteiger partial charge in [-0.25, -0.2) is 18.4 Å². The molecule has 0 aromatic carbocycles. The Morgan fingerprint density at radius 3 is 2.35 bits per heavy atom. The third kappa shape index (κ3) is 5.01. The van der Waals surface area contributed by atoms with Crippen LogP contribution in [0, 0.1) is 6.92 Å². The zero-order valence-corrected chi connectivity index (χ0v) is 16.2. The molecule has 2 rings (SSSR count). The monoisotopic (exact) mass is 376 g/mol. The van der Waals surface area contributed by atoms with Gasteiger partial charge in [0.25, 0.3) is 0 Å². The summed E-state index contributed by atoms with van der Waals surface area (Å²) in [5.41, 5.74) is 1.67. The van der Waals surface area contributed by atoms with Gasteiger partial charge in [-0.15, -0.1) is 0 Å². The molecule has 1 amide bonds. The number of pyridine rings is 2. The van der Waals surface area contributed by atoms with E-state index in [1.54, 1.807) is 39.1 Å². The van der Waals surface area contributed by atoms with Crippen LogP contribution in [0.5, 0.6) is 0 Å². The molecule has 2 aromatic heterocycles. The van der Waals surface area contributed by atoms with E-state index in [9.17, 15) is 13.2 Å². The van der Waals surface area contributed by atoms with Gasteiger partial charge < -0.3 is 10.6 Å². The summed E-state index contributed by atoms with van der Waals surface area (Å²) in [5, 5.41) is 5.81. The number of hydrogen-bond acceptors (Lipinski definition) is 6. The average Bonchev–Trinajstić information content (AvgIpc) is 2.56. The first-order valence-electron chi connectivity index (χ1n) is 8.27. The lowest BCUT2D eigenvalue weighted by Crippen LogP contribution is -2.28. The number of rotatable bonds is 6. The predicted molar refractivity (Wildman–Crippen MR) is 102 cm³/mol. The van der Waals surface area contributed by atoms with Crippen LogP contribution < -0.4 is 10.6 Å². The molecule has 0 saturated heterocycles. The molecule has 0 aliphatic rings. The number of nitrogens with one attached hydrogen (secondary N) is 2. The zero-order valence-electron chi connectivity index (χ0n) is 15.4. The van der Waals surface area contributed by atoms with Gasteiger partial charge in [-0.3, -0.25) is 4.79 Å². The summed E-state index contributed by atoms with van der Waals surface area (Å²) >= 11 is 0. The molecule has 0 aliphatic carbocycles. The lowest BCUT2D eigenvalue weighted by Gasteiger charge is -2.18. The Hall–Kier alpha value is -2.48. The highest BCUT2D eigenvalue weighted by molar-refractivity contribution is 7.92. The summed E-state index contributed by atoms with van der Waals surface area (Å²) in [7, 11) is -3.47. The Morgan fingerprint density at radius 1 is 1.08 bits per heavy atom. The molecule has 0 bridgehead atoms. The highest BCUT2D eigenvalue weighted by Crippen LogP contribution is 2.23. The molecule has 0 atom stereocenters. The smallest absolute Gasteiger partial charge is 0.227 e. The van der Waals surface area contributed by atoms with Gasteiger partial charge in [0.1, 0.15) is 5.82 Å². The second-order valence-electron chi connectivity index (χ2n) is 6.95. The van der Waals surface area contributed by atoms with Crippen molar-refractivity contribution in [3.63, 3.8) is 0 Å². The van der Waals surface area contributed by atoms with Gasteiger partial charge in [-0.05, 0) is 51.5 Å². The summed E-state index contributed by atoms with van der Waals surface area (Å²) in [6, 6.07) is 6.74. The summed E-state index contributed by atoms with van der Waals surface area (Å²) in [5.74, 6) is 0.354. The maximum Gasteiger partial charge on any atom is 0.227 e. The zero-order chi connectivity index (χ0) is 19.4. The first-order chi connectivity index (χ1) is 12.1. The maximum absolute atomic E-state index is 12.3. The van der Waals surface area contributed by atoms with Crippen LogP contribution in [0.15, 0.2) is 41.7 Å². The first kappa shape index (κ1) is 19.8. The third-order valence-electron chi connectivity index (χ3n) is 3.68. The summed E-state index contributed by atoms with van der Waals surface area (Å²) in [6.07, 6.45) is 3.39. The quantitative estimate of drug-likeness (QED) is 0.804. The van der Waals surface area contributed by atoms with Gasteiger partial charge >= 0.3 is 0 Å². The molecule has 2 N–H and O–H groups in total. The Kier molecular flexibility index (Phi) is 5.97. The Morgan fingerprint density at radius 2 is 1.81 bits per heavy atom. The van der Waals surface area contributed by atoms with E-state index in [1.807, 2.05) is 13.0 Å². The number of amides is 1. The molecule has 0 unspecified atom stereocenters. The lowest BCUT2D eigenvalue weighted by atomic mass is 10.3. The van der Waals surface area contributed by atoms with E-state index in [1.165, 1.54) is 12.3 Å². The van der Waals surface area contributed by atoms with Crippen LogP contribution >= 0.6 is 0 Å². The molecule has 0 fully saturated rings. The van der Waals surface area contributed by atoms with E-state index < -0.39 is 14.6 Å². The number of anilines is 2. The van der Waals surface area contributed by atoms with Crippen LogP contribution in [0.25, 0.3) is 0 Å². The number of hydrogen-bond donors (Lipinski definition) is 2. The lowest BCUT2D eigenvalue weighted by molar-refractivity contribution is -0.116. The van der Waals surface area contributed by atoms with Crippen molar-refractivity contribution < 1.29 is 13.2 Å². The molecule has 140 valence electrons. The van der Waals surface area contributed by atoms with E-state index >= 15 is 0 Å². The average molecular weight is 376 g/mol. The summed E-state index contributed by atoms with van der Waals surface area (Å²) in [6.45, 7) is 7.23. The maximum atomic E-state index is 12.3. The molecule has 0 spiro atoms. The van der Waals surface area contributed by atoms with Gasteiger partial charge in [0.05, 0.1) is 16.6 Å². The van der Waals surface area contributed by atoms with E-state index in [0.717, 1.165) is 5.56 Å². The van der Waals surface area contributed by atoms with Gasteiger partial charge in [0, 0.05) is 19.2 Å². The van der Waals surface area contributed by atoms with E-state index in [-0.39, 0.29) is 17.4 Å². The second-order valence-corrected chi connectivity index (χ2v) is 9.60. The Labute approximate surface area is 154 Å². The Bertz CT molecular complexity index is 855. The summed E-state index contributed by atoms with van der Waals surface area (Å²) in [4.78, 5) is 20.0. The van der Waals surface area contributed by atoms with Crippen molar-refractivity contribution in [1.82, 2.24) is 9.97 Å². The Balaban J connectivity index is 1.86. The van der Waals surface area contributed by atoms with Crippen LogP contribution in [0.1, 0.15) is 32.8 Å². The van der Waals surface area contributed by atoms with E-state index in [2.05, 4.69) is 20.6 Å². The predicted octanol–water partition coefficient (Wildman–Crippen LogP) is 2.80. The molecule has 0 saturated carbocycles. The second kappa shape index (κ2) is 7.82. The van der Waals surface area contributed by atoms with Crippen molar-refractivity contribution in [1.29, 1.82) is 0 Å². The fourth-order valence-electron chi connectivity index (χ4n) is 2.02. The number of sulfone groups is 1. The first-order valence-corrected chi connectivity index (χ1v) is 9.75. The van der Waals surface area contributed by atoms with Crippen molar-refractivity contribution in [2.75, 3.05) is 17.2 Å². The molecule has 0 radical (unpaired) electrons. The summed E-state index contributed by atoms with van der Waals surface area (Å²) < 4.78 is 23.7. The van der Waals surface area contributed by atoms with Gasteiger partial charge in [0.2, 0.25) is 5.91 Å². The topological polar surface area (TPSA) is 101 Å². The van der Waals surface area contributed by atoms with E-state index in [4.69, 9.17) is 0 Å². The van der Waals surface area contributed by atoms with E-state index in [0.29, 0.717) is 18.1 Å². The highest BCUT2D eigenvalue weighted by atomic mass is 32.2. The fraction of sp³-hybridized carbons (Fsp3) is 0.389. The third-order valence-corrected chi connectivity index (χ3v) is 6.08. The van der Waals surface area contributed by atoms with Crippen molar-refractivity contribution in [3.05, 3.63) is 42.2 Å². The molecule has 2 heterocycles. The molecule has 8 heteroatoms. The van der Waals surface area contributed by atoms with Crippen LogP contribution in [-0.2, 0) is 14.6 Å². The van der Waals surface area contributed by atoms with Crippen molar-refractivity contribution >= 4 is 27.2 Å². The normalized spacial score (nSPS) is 11.8. The largest absolute Gasteiger partial charge is 0.383 e. The van der Waals surface area contributed by atoms with Crippen LogP contribution in [0.4, 0.5) is 11.5 Å². The molecular weight excluding hydrogens is 352 g/mol. The highest BCUT2D eigenvalue weighted by Gasteiger charge is 2.31. The molecule has 0 aliphatic heterocycles. The number of aryl methyl sites for hydroxylation is 1.